The summed E-state index contributed by atoms with van der Waals surface area (Å²) in [5.41, 5.74) is -1.20. The molecule has 0 atom stereocenters. The molecule has 0 fully saturated rings. The lowest BCUT2D eigenvalue weighted by molar-refractivity contribution is -0.394. The van der Waals surface area contributed by atoms with Crippen molar-refractivity contribution in [2.45, 2.75) is 57.8 Å². The molecule has 0 aromatic heterocycles. The molecule has 0 unspecified atom stereocenters. The van der Waals surface area contributed by atoms with Gasteiger partial charge in [0.1, 0.15) is 0 Å². The van der Waals surface area contributed by atoms with Crippen LogP contribution in [0.4, 0.5) is 11.4 Å². The lowest BCUT2D eigenvalue weighted by Gasteiger charge is -2.05. The van der Waals surface area contributed by atoms with Crippen molar-refractivity contribution in [3.63, 3.8) is 0 Å². The first-order valence-corrected chi connectivity index (χ1v) is 8.86. The lowest BCUT2D eigenvalue weighted by atomic mass is 10.1. The summed E-state index contributed by atoms with van der Waals surface area (Å²) in [6, 6.07) is 2.79. The van der Waals surface area contributed by atoms with Gasteiger partial charge < -0.3 is 4.74 Å². The Balaban J connectivity index is 2.35. The number of nitro groups is 2. The minimum atomic E-state index is -0.787. The summed E-state index contributed by atoms with van der Waals surface area (Å²) < 4.78 is 5.07. The molecule has 1 aromatic carbocycles. The van der Waals surface area contributed by atoms with Gasteiger partial charge in [-0.25, -0.2) is 4.79 Å². The van der Waals surface area contributed by atoms with Crippen molar-refractivity contribution in [1.82, 2.24) is 0 Å². The summed E-state index contributed by atoms with van der Waals surface area (Å²) in [7, 11) is 0. The van der Waals surface area contributed by atoms with Gasteiger partial charge in [-0.3, -0.25) is 20.2 Å². The number of nitrogens with zero attached hydrogens (tertiary/aromatic N) is 2. The Morgan fingerprint density at radius 1 is 0.846 bits per heavy atom. The first kappa shape index (κ1) is 21.5. The fourth-order valence-electron chi connectivity index (χ4n) is 2.51. The van der Waals surface area contributed by atoms with E-state index in [-0.39, 0.29) is 12.2 Å². The quantitative estimate of drug-likeness (QED) is 0.210. The topological polar surface area (TPSA) is 113 Å². The van der Waals surface area contributed by atoms with E-state index in [2.05, 4.69) is 6.92 Å². The molecule has 143 valence electrons. The fraction of sp³-hybridized carbons (Fsp3) is 0.556. The third-order valence-corrected chi connectivity index (χ3v) is 3.94. The molecule has 26 heavy (non-hydrogen) atoms. The zero-order valence-corrected chi connectivity index (χ0v) is 14.9. The highest BCUT2D eigenvalue weighted by Crippen LogP contribution is 2.23. The van der Waals surface area contributed by atoms with Gasteiger partial charge in [-0.15, -0.1) is 0 Å². The molecule has 0 aliphatic rings. The van der Waals surface area contributed by atoms with Crippen molar-refractivity contribution in [1.29, 1.82) is 0 Å². The summed E-state index contributed by atoms with van der Waals surface area (Å²) >= 11 is 0. The molecule has 1 rings (SSSR count). The minimum Gasteiger partial charge on any atom is -0.462 e. The van der Waals surface area contributed by atoms with Crippen LogP contribution >= 0.6 is 0 Å². The fourth-order valence-corrected chi connectivity index (χ4v) is 2.51. The molecule has 0 saturated carbocycles. The molecule has 0 saturated heterocycles. The standard InChI is InChI=1S/C18H25N2O6/c1-2-3-4-5-6-7-8-9-10-11-26-18(21)15-12-16(19(22)23)14-17(13-15)20(24)25/h12-14H,1-11H2. The van der Waals surface area contributed by atoms with Crippen LogP contribution in [0.3, 0.4) is 0 Å². The van der Waals surface area contributed by atoms with Crippen LogP contribution in [0.5, 0.6) is 0 Å². The zero-order valence-electron chi connectivity index (χ0n) is 14.9. The van der Waals surface area contributed by atoms with Crippen molar-refractivity contribution >= 4 is 17.3 Å². The third kappa shape index (κ3) is 8.04. The highest BCUT2D eigenvalue weighted by atomic mass is 16.6. The van der Waals surface area contributed by atoms with Crippen molar-refractivity contribution in [2.24, 2.45) is 0 Å². The van der Waals surface area contributed by atoms with E-state index in [1.807, 2.05) is 0 Å². The molecule has 8 nitrogen and oxygen atoms in total. The lowest BCUT2D eigenvalue weighted by Crippen LogP contribution is -2.08. The first-order valence-electron chi connectivity index (χ1n) is 8.86. The monoisotopic (exact) mass is 365 g/mol. The second-order valence-corrected chi connectivity index (χ2v) is 6.07. The van der Waals surface area contributed by atoms with Gasteiger partial charge in [-0.2, -0.15) is 0 Å². The Labute approximate surface area is 152 Å². The highest BCUT2D eigenvalue weighted by Gasteiger charge is 2.20. The average Bonchev–Trinajstić information content (AvgIpc) is 2.62. The van der Waals surface area contributed by atoms with Gasteiger partial charge in [0, 0.05) is 12.1 Å². The van der Waals surface area contributed by atoms with Crippen LogP contribution in [-0.2, 0) is 4.74 Å². The molecule has 1 aromatic rings. The van der Waals surface area contributed by atoms with Gasteiger partial charge in [0.05, 0.1) is 28.1 Å². The summed E-state index contributed by atoms with van der Waals surface area (Å²) in [4.78, 5) is 32.0. The summed E-state index contributed by atoms with van der Waals surface area (Å²) in [5.74, 6) is -0.787. The van der Waals surface area contributed by atoms with Crippen molar-refractivity contribution in [2.75, 3.05) is 6.61 Å². The molecule has 0 bridgehead atoms. The summed E-state index contributed by atoms with van der Waals surface area (Å²) in [5, 5.41) is 21.6. The molecule has 0 amide bonds. The summed E-state index contributed by atoms with van der Waals surface area (Å²) in [6.45, 7) is 4.00. The zero-order chi connectivity index (χ0) is 19.4. The van der Waals surface area contributed by atoms with Crippen LogP contribution < -0.4 is 0 Å². The number of esters is 1. The van der Waals surface area contributed by atoms with Crippen molar-refractivity contribution in [3.05, 3.63) is 50.9 Å². The van der Waals surface area contributed by atoms with Crippen LogP contribution in [0.2, 0.25) is 0 Å². The normalized spacial score (nSPS) is 10.5. The van der Waals surface area contributed by atoms with Gasteiger partial charge >= 0.3 is 5.97 Å². The van der Waals surface area contributed by atoms with E-state index < -0.39 is 27.2 Å². The molecule has 0 aliphatic carbocycles. The molecule has 0 spiro atoms. The molecule has 0 heterocycles. The predicted octanol–water partition coefficient (Wildman–Crippen LogP) is 5.00. The maximum Gasteiger partial charge on any atom is 0.338 e. The molecular weight excluding hydrogens is 340 g/mol. The molecular formula is C18H25N2O6. The SMILES string of the molecule is [CH2]CCCCCCCCCCOC(=O)c1cc([N+](=O)[O-])cc([N+](=O)[O-])c1. The average molecular weight is 365 g/mol. The van der Waals surface area contributed by atoms with E-state index in [4.69, 9.17) is 4.74 Å². The van der Waals surface area contributed by atoms with Crippen LogP contribution in [0.1, 0.15) is 68.1 Å². The Morgan fingerprint density at radius 3 is 1.77 bits per heavy atom. The largest absolute Gasteiger partial charge is 0.462 e. The smallest absolute Gasteiger partial charge is 0.338 e. The summed E-state index contributed by atoms with van der Waals surface area (Å²) in [6.07, 6.45) is 9.61. The number of carbonyl (C=O) groups excluding carboxylic acids is 1. The number of ether oxygens (including phenoxy) is 1. The molecule has 1 radical (unpaired) electrons. The number of hydrogen-bond acceptors (Lipinski definition) is 6. The van der Waals surface area contributed by atoms with Crippen LogP contribution in [0.15, 0.2) is 18.2 Å². The molecule has 0 N–H and O–H groups in total. The third-order valence-electron chi connectivity index (χ3n) is 3.94. The molecule has 8 heteroatoms. The molecule has 0 aliphatic heterocycles. The number of unbranched alkanes of at least 4 members (excludes halogenated alkanes) is 8. The van der Waals surface area contributed by atoms with E-state index in [1.165, 1.54) is 25.7 Å². The highest BCUT2D eigenvalue weighted by molar-refractivity contribution is 5.91. The van der Waals surface area contributed by atoms with Crippen LogP contribution in [0.25, 0.3) is 0 Å². The van der Waals surface area contributed by atoms with Crippen LogP contribution in [-0.4, -0.2) is 22.4 Å². The predicted molar refractivity (Wildman–Crippen MR) is 96.9 cm³/mol. The minimum absolute atomic E-state index is 0.184. The number of nitro benzene ring substituents is 2. The van der Waals surface area contributed by atoms with E-state index in [9.17, 15) is 25.0 Å². The van der Waals surface area contributed by atoms with Crippen LogP contribution in [0, 0.1) is 27.2 Å². The number of benzene rings is 1. The van der Waals surface area contributed by atoms with Gasteiger partial charge in [0.2, 0.25) is 0 Å². The maximum atomic E-state index is 12.0. The second kappa shape index (κ2) is 11.9. The van der Waals surface area contributed by atoms with Gasteiger partial charge in [0.15, 0.2) is 0 Å². The number of non-ortho nitro benzene ring substituents is 2. The van der Waals surface area contributed by atoms with Crippen molar-refractivity contribution < 1.29 is 19.4 Å². The van der Waals surface area contributed by atoms with E-state index in [0.29, 0.717) is 6.42 Å². The number of rotatable bonds is 13. The Bertz CT molecular complexity index is 585. The van der Waals surface area contributed by atoms with Gasteiger partial charge in [-0.1, -0.05) is 58.3 Å². The van der Waals surface area contributed by atoms with E-state index in [1.54, 1.807) is 0 Å². The van der Waals surface area contributed by atoms with E-state index >= 15 is 0 Å². The number of carbonyl (C=O) groups is 1. The van der Waals surface area contributed by atoms with Gasteiger partial charge in [0.25, 0.3) is 11.4 Å². The Kier molecular flexibility index (Phi) is 9.89. The van der Waals surface area contributed by atoms with E-state index in [0.717, 1.165) is 43.9 Å². The van der Waals surface area contributed by atoms with Crippen molar-refractivity contribution in [3.8, 4) is 0 Å². The first-order chi connectivity index (χ1) is 12.5. The van der Waals surface area contributed by atoms with Gasteiger partial charge in [-0.05, 0) is 6.42 Å². The number of hydrogen-bond donors (Lipinski definition) is 0. The second-order valence-electron chi connectivity index (χ2n) is 6.07. The Morgan fingerprint density at radius 2 is 1.31 bits per heavy atom. The Hall–Kier alpha value is -2.51. The maximum absolute atomic E-state index is 12.0.